The molecule has 1 unspecified atom stereocenters. The van der Waals surface area contributed by atoms with Crippen molar-refractivity contribution in [2.24, 2.45) is 0 Å². The topological polar surface area (TPSA) is 120 Å². The average molecular weight is 397 g/mol. The molecule has 0 aliphatic rings. The van der Waals surface area contributed by atoms with Crippen molar-refractivity contribution in [3.63, 3.8) is 0 Å². The molecule has 8 nitrogen and oxygen atoms in total. The summed E-state index contributed by atoms with van der Waals surface area (Å²) in [5, 5.41) is 21.6. The number of carbonyl (C=O) groups is 1. The molecule has 1 heterocycles. The number of hydrogen-bond donors (Lipinski definition) is 1. The monoisotopic (exact) mass is 397 g/mol. The molecule has 0 saturated carbocycles. The minimum absolute atomic E-state index is 0.116. The summed E-state index contributed by atoms with van der Waals surface area (Å²) in [5.74, 6) is -1.49. The van der Waals surface area contributed by atoms with E-state index in [1.807, 2.05) is 30.3 Å². The third-order valence-corrected chi connectivity index (χ3v) is 4.83. The summed E-state index contributed by atoms with van der Waals surface area (Å²) in [6.45, 7) is 3.24. The van der Waals surface area contributed by atoms with E-state index in [1.54, 1.807) is 13.8 Å². The Hall–Kier alpha value is -3.68. The van der Waals surface area contributed by atoms with Crippen LogP contribution in [0.2, 0.25) is 0 Å². The molecule has 0 spiro atoms. The zero-order chi connectivity index (χ0) is 21.1. The zero-order valence-electron chi connectivity index (χ0n) is 15.9. The van der Waals surface area contributed by atoms with E-state index in [4.69, 9.17) is 9.15 Å². The minimum atomic E-state index is -1.30. The Balaban J connectivity index is 2.00. The van der Waals surface area contributed by atoms with Crippen molar-refractivity contribution < 1.29 is 24.0 Å². The lowest BCUT2D eigenvalue weighted by atomic mass is 10.1. The van der Waals surface area contributed by atoms with Gasteiger partial charge in [0.05, 0.1) is 4.92 Å². The maximum Gasteiger partial charge on any atom is 0.353 e. The number of benzene rings is 2. The second kappa shape index (κ2) is 8.14. The van der Waals surface area contributed by atoms with Crippen LogP contribution < -0.4 is 10.4 Å². The number of carboxylic acid groups (broad SMARTS) is 1. The van der Waals surface area contributed by atoms with Crippen molar-refractivity contribution in [3.8, 4) is 5.75 Å². The first-order chi connectivity index (χ1) is 13.8. The van der Waals surface area contributed by atoms with Crippen LogP contribution in [0.15, 0.2) is 51.7 Å². The summed E-state index contributed by atoms with van der Waals surface area (Å²) in [7, 11) is 0. The molecule has 3 rings (SSSR count). The highest BCUT2D eigenvalue weighted by Gasteiger charge is 2.28. The predicted octanol–water partition coefficient (Wildman–Crippen LogP) is 3.78. The molecule has 0 fully saturated rings. The normalized spacial score (nSPS) is 11.9. The molecule has 0 radical (unpaired) electrons. The molecule has 1 aromatic heterocycles. The van der Waals surface area contributed by atoms with Gasteiger partial charge in [0.25, 0.3) is 0 Å². The van der Waals surface area contributed by atoms with E-state index in [1.165, 1.54) is 12.1 Å². The quantitative estimate of drug-likeness (QED) is 0.366. The van der Waals surface area contributed by atoms with E-state index in [9.17, 15) is 24.8 Å². The highest BCUT2D eigenvalue weighted by molar-refractivity contribution is 5.91. The second-order valence-electron chi connectivity index (χ2n) is 6.65. The van der Waals surface area contributed by atoms with Crippen molar-refractivity contribution in [2.45, 2.75) is 32.8 Å². The summed E-state index contributed by atoms with van der Waals surface area (Å²) >= 11 is 0. The molecule has 1 atom stereocenters. The number of ether oxygens (including phenoxy) is 1. The van der Waals surface area contributed by atoms with Gasteiger partial charge in [0.15, 0.2) is 6.10 Å². The van der Waals surface area contributed by atoms with Crippen LogP contribution in [0.4, 0.5) is 5.69 Å². The molecule has 0 amide bonds. The number of carboxylic acids is 1. The maximum absolute atomic E-state index is 12.0. The number of nitro groups is 1. The molecule has 3 aromatic rings. The SMILES string of the molecule is Cc1c(C)c2ccc(OC(CCc3ccccc3)C(=O)O)c([N+](=O)[O-])c2oc1=O. The van der Waals surface area contributed by atoms with Gasteiger partial charge in [0, 0.05) is 10.9 Å². The Labute approximate surface area is 165 Å². The first-order valence-corrected chi connectivity index (χ1v) is 8.94. The van der Waals surface area contributed by atoms with E-state index in [-0.39, 0.29) is 17.8 Å². The Kier molecular flexibility index (Phi) is 5.63. The molecule has 0 aliphatic heterocycles. The molecule has 2 aromatic carbocycles. The summed E-state index contributed by atoms with van der Waals surface area (Å²) < 4.78 is 10.7. The molecule has 29 heavy (non-hydrogen) atoms. The zero-order valence-corrected chi connectivity index (χ0v) is 15.9. The van der Waals surface area contributed by atoms with Crippen LogP contribution in [-0.2, 0) is 11.2 Å². The van der Waals surface area contributed by atoms with Crippen LogP contribution in [0.5, 0.6) is 5.75 Å². The Morgan fingerprint density at radius 3 is 2.48 bits per heavy atom. The van der Waals surface area contributed by atoms with Crippen molar-refractivity contribution in [1.82, 2.24) is 0 Å². The van der Waals surface area contributed by atoms with Crippen molar-refractivity contribution in [2.75, 3.05) is 0 Å². The fraction of sp³-hybridized carbons (Fsp3) is 0.238. The van der Waals surface area contributed by atoms with Crippen LogP contribution in [0.25, 0.3) is 11.0 Å². The summed E-state index contributed by atoms with van der Waals surface area (Å²) in [6, 6.07) is 12.1. The van der Waals surface area contributed by atoms with Crippen molar-refractivity contribution in [3.05, 3.63) is 79.7 Å². The Bertz CT molecular complexity index is 1140. The third kappa shape index (κ3) is 4.11. The van der Waals surface area contributed by atoms with E-state index >= 15 is 0 Å². The number of nitro benzene ring substituents is 1. The van der Waals surface area contributed by atoms with Gasteiger partial charge < -0.3 is 14.3 Å². The number of rotatable bonds is 7. The number of fused-ring (bicyclic) bond motifs is 1. The summed E-state index contributed by atoms with van der Waals surface area (Å²) in [4.78, 5) is 34.6. The van der Waals surface area contributed by atoms with E-state index in [0.29, 0.717) is 22.9 Å². The lowest BCUT2D eigenvalue weighted by Crippen LogP contribution is -2.28. The molecular weight excluding hydrogens is 378 g/mol. The second-order valence-corrected chi connectivity index (χ2v) is 6.65. The molecule has 8 heteroatoms. The van der Waals surface area contributed by atoms with Gasteiger partial charge in [-0.25, -0.2) is 9.59 Å². The van der Waals surface area contributed by atoms with E-state index < -0.39 is 28.3 Å². The van der Waals surface area contributed by atoms with Gasteiger partial charge in [0.2, 0.25) is 11.3 Å². The highest BCUT2D eigenvalue weighted by atomic mass is 16.6. The van der Waals surface area contributed by atoms with Crippen LogP contribution in [-0.4, -0.2) is 22.1 Å². The average Bonchev–Trinajstić information content (AvgIpc) is 2.69. The Morgan fingerprint density at radius 1 is 1.17 bits per heavy atom. The Morgan fingerprint density at radius 2 is 1.86 bits per heavy atom. The van der Waals surface area contributed by atoms with Gasteiger partial charge >= 0.3 is 17.3 Å². The van der Waals surface area contributed by atoms with Gasteiger partial charge in [-0.3, -0.25) is 10.1 Å². The first kappa shape index (κ1) is 20.1. The molecular formula is C21H19NO7. The number of aryl methyl sites for hydroxylation is 2. The van der Waals surface area contributed by atoms with E-state index in [0.717, 1.165) is 5.56 Å². The van der Waals surface area contributed by atoms with Crippen molar-refractivity contribution in [1.29, 1.82) is 0 Å². The van der Waals surface area contributed by atoms with Gasteiger partial charge in [0.1, 0.15) is 0 Å². The predicted molar refractivity (Wildman–Crippen MR) is 105 cm³/mol. The largest absolute Gasteiger partial charge is 0.479 e. The number of nitrogens with zero attached hydrogens (tertiary/aromatic N) is 1. The molecule has 0 aliphatic carbocycles. The standard InChI is InChI=1S/C21H19NO7/c1-12-13(2)21(25)29-19-15(12)9-11-16(18(19)22(26)27)28-17(20(23)24)10-8-14-6-4-3-5-7-14/h3-7,9,11,17H,8,10H2,1-2H3,(H,23,24). The smallest absolute Gasteiger partial charge is 0.353 e. The first-order valence-electron chi connectivity index (χ1n) is 8.94. The number of aliphatic carboxylic acids is 1. The summed E-state index contributed by atoms with van der Waals surface area (Å²) in [5.41, 5.74) is 0.361. The fourth-order valence-electron chi connectivity index (χ4n) is 3.07. The lowest BCUT2D eigenvalue weighted by molar-refractivity contribution is -0.384. The molecule has 0 saturated heterocycles. The molecule has 150 valence electrons. The summed E-state index contributed by atoms with van der Waals surface area (Å²) in [6.07, 6.45) is -0.762. The van der Waals surface area contributed by atoms with Gasteiger partial charge in [-0.2, -0.15) is 0 Å². The van der Waals surface area contributed by atoms with Gasteiger partial charge in [-0.1, -0.05) is 30.3 Å². The van der Waals surface area contributed by atoms with Gasteiger partial charge in [-0.15, -0.1) is 0 Å². The van der Waals surface area contributed by atoms with Crippen molar-refractivity contribution >= 4 is 22.6 Å². The molecule has 0 bridgehead atoms. The third-order valence-electron chi connectivity index (χ3n) is 4.83. The maximum atomic E-state index is 12.0. The van der Waals surface area contributed by atoms with Gasteiger partial charge in [-0.05, 0) is 49.9 Å². The van der Waals surface area contributed by atoms with E-state index in [2.05, 4.69) is 0 Å². The highest BCUT2D eigenvalue weighted by Crippen LogP contribution is 2.37. The fourth-order valence-corrected chi connectivity index (χ4v) is 3.07. The number of hydrogen-bond acceptors (Lipinski definition) is 6. The minimum Gasteiger partial charge on any atom is -0.479 e. The molecule has 1 N–H and O–H groups in total. The van der Waals surface area contributed by atoms with Crippen LogP contribution in [0, 0.1) is 24.0 Å². The lowest BCUT2D eigenvalue weighted by Gasteiger charge is -2.16. The van der Waals surface area contributed by atoms with Crippen LogP contribution in [0.3, 0.4) is 0 Å². The van der Waals surface area contributed by atoms with Crippen LogP contribution in [0.1, 0.15) is 23.1 Å². The van der Waals surface area contributed by atoms with Crippen LogP contribution >= 0.6 is 0 Å².